The van der Waals surface area contributed by atoms with Crippen LogP contribution in [0.5, 0.6) is 0 Å². The molecule has 0 saturated heterocycles. The quantitative estimate of drug-likeness (QED) is 0.720. The average molecular weight is 268 g/mol. The number of unbranched alkanes of at least 4 members (excludes halogenated alkanes) is 2. The largest absolute Gasteiger partial charge is 0.340 e. The molecule has 19 heavy (non-hydrogen) atoms. The van der Waals surface area contributed by atoms with Gasteiger partial charge in [0.1, 0.15) is 0 Å². The number of hydrogen-bond acceptors (Lipinski definition) is 2. The van der Waals surface area contributed by atoms with E-state index >= 15 is 0 Å². The van der Waals surface area contributed by atoms with Gasteiger partial charge in [-0.25, -0.2) is 0 Å². The van der Waals surface area contributed by atoms with Crippen LogP contribution in [0.4, 0.5) is 0 Å². The van der Waals surface area contributed by atoms with E-state index in [-0.39, 0.29) is 11.5 Å². The van der Waals surface area contributed by atoms with Crippen molar-refractivity contribution in [1.29, 1.82) is 0 Å². The minimum Gasteiger partial charge on any atom is -0.340 e. The molecule has 0 unspecified atom stereocenters. The summed E-state index contributed by atoms with van der Waals surface area (Å²) < 4.78 is 0. The molecular weight excluding hydrogens is 236 g/mol. The minimum absolute atomic E-state index is 0.255. The number of carbonyl (C=O) groups excluding carboxylic acids is 1. The summed E-state index contributed by atoms with van der Waals surface area (Å²) in [5.41, 5.74) is 5.73. The second-order valence-corrected chi connectivity index (χ2v) is 6.34. The van der Waals surface area contributed by atoms with Crippen LogP contribution >= 0.6 is 0 Å². The van der Waals surface area contributed by atoms with Crippen LogP contribution in [0.1, 0.15) is 72.1 Å². The molecule has 0 bridgehead atoms. The molecule has 0 aromatic carbocycles. The van der Waals surface area contributed by atoms with Gasteiger partial charge < -0.3 is 10.6 Å². The summed E-state index contributed by atoms with van der Waals surface area (Å²) in [6, 6.07) is 0.287. The maximum atomic E-state index is 12.9. The van der Waals surface area contributed by atoms with Gasteiger partial charge in [-0.3, -0.25) is 4.79 Å². The topological polar surface area (TPSA) is 46.3 Å². The van der Waals surface area contributed by atoms with Crippen molar-refractivity contribution in [1.82, 2.24) is 4.90 Å². The van der Waals surface area contributed by atoms with Crippen LogP contribution in [0.25, 0.3) is 0 Å². The third-order valence-electron chi connectivity index (χ3n) is 4.54. The summed E-state index contributed by atoms with van der Waals surface area (Å²) in [6.45, 7) is 7.85. The van der Waals surface area contributed by atoms with Crippen LogP contribution in [-0.4, -0.2) is 29.9 Å². The summed E-state index contributed by atoms with van der Waals surface area (Å²) in [5.74, 6) is 0.320. The fraction of sp³-hybridized carbons (Fsp3) is 0.938. The van der Waals surface area contributed by atoms with Crippen LogP contribution in [0, 0.1) is 5.41 Å². The van der Waals surface area contributed by atoms with Gasteiger partial charge >= 0.3 is 0 Å². The lowest BCUT2D eigenvalue weighted by atomic mass is 9.73. The molecule has 0 atom stereocenters. The number of nitrogens with two attached hydrogens (primary N) is 1. The van der Waals surface area contributed by atoms with Crippen molar-refractivity contribution < 1.29 is 4.79 Å². The van der Waals surface area contributed by atoms with E-state index in [1.165, 1.54) is 19.3 Å². The highest BCUT2D eigenvalue weighted by atomic mass is 16.2. The second kappa shape index (κ2) is 7.88. The Morgan fingerprint density at radius 1 is 1.21 bits per heavy atom. The molecule has 1 amide bonds. The molecule has 0 radical (unpaired) electrons. The molecule has 2 N–H and O–H groups in total. The highest BCUT2D eigenvalue weighted by molar-refractivity contribution is 5.83. The lowest BCUT2D eigenvalue weighted by Crippen LogP contribution is -2.51. The maximum Gasteiger partial charge on any atom is 0.230 e. The monoisotopic (exact) mass is 268 g/mol. The van der Waals surface area contributed by atoms with Crippen molar-refractivity contribution in [2.45, 2.75) is 78.2 Å². The first-order valence-electron chi connectivity index (χ1n) is 8.08. The molecule has 0 spiro atoms. The molecular formula is C16H32N2O. The molecule has 3 nitrogen and oxygen atoms in total. The van der Waals surface area contributed by atoms with Crippen molar-refractivity contribution in [3.05, 3.63) is 0 Å². The van der Waals surface area contributed by atoms with Gasteiger partial charge in [0.15, 0.2) is 0 Å². The van der Waals surface area contributed by atoms with E-state index in [0.717, 1.165) is 38.6 Å². The zero-order chi connectivity index (χ0) is 14.3. The van der Waals surface area contributed by atoms with Crippen molar-refractivity contribution in [2.75, 3.05) is 13.1 Å². The first kappa shape index (κ1) is 16.5. The molecule has 112 valence electrons. The smallest absolute Gasteiger partial charge is 0.230 e. The average Bonchev–Trinajstić information content (AvgIpc) is 2.43. The Bertz CT molecular complexity index is 270. The fourth-order valence-corrected chi connectivity index (χ4v) is 3.16. The summed E-state index contributed by atoms with van der Waals surface area (Å²) >= 11 is 0. The molecule has 3 heteroatoms. The van der Waals surface area contributed by atoms with Crippen LogP contribution in [-0.2, 0) is 4.79 Å². The Morgan fingerprint density at radius 2 is 1.84 bits per heavy atom. The number of rotatable bonds is 7. The first-order chi connectivity index (χ1) is 9.07. The Balaban J connectivity index is 2.72. The van der Waals surface area contributed by atoms with Crippen LogP contribution in [0.2, 0.25) is 0 Å². The van der Waals surface area contributed by atoms with Gasteiger partial charge in [0.2, 0.25) is 5.91 Å². The first-order valence-corrected chi connectivity index (χ1v) is 8.08. The maximum absolute atomic E-state index is 12.9. The zero-order valence-corrected chi connectivity index (χ0v) is 13.1. The molecule has 1 aliphatic rings. The van der Waals surface area contributed by atoms with Crippen molar-refractivity contribution >= 4 is 5.91 Å². The standard InChI is InChI=1S/C16H32N2O/c1-4-5-9-12-18(14(2)3)15(19)16(13-17)10-7-6-8-11-16/h14H,4-13,17H2,1-3H3. The van der Waals surface area contributed by atoms with Crippen molar-refractivity contribution in [3.8, 4) is 0 Å². The Morgan fingerprint density at radius 3 is 2.32 bits per heavy atom. The molecule has 0 aromatic rings. The third kappa shape index (κ3) is 4.20. The molecule has 0 heterocycles. The molecule has 0 aliphatic heterocycles. The van der Waals surface area contributed by atoms with Crippen LogP contribution in [0.15, 0.2) is 0 Å². The van der Waals surface area contributed by atoms with Gasteiger partial charge in [-0.05, 0) is 33.1 Å². The second-order valence-electron chi connectivity index (χ2n) is 6.34. The van der Waals surface area contributed by atoms with Crippen molar-refractivity contribution in [2.24, 2.45) is 11.1 Å². The minimum atomic E-state index is -0.255. The van der Waals surface area contributed by atoms with Crippen LogP contribution in [0.3, 0.4) is 0 Å². The third-order valence-corrected chi connectivity index (χ3v) is 4.54. The normalized spacial score (nSPS) is 18.6. The van der Waals surface area contributed by atoms with Gasteiger partial charge in [0.05, 0.1) is 5.41 Å². The van der Waals surface area contributed by atoms with Crippen LogP contribution < -0.4 is 5.73 Å². The van der Waals surface area contributed by atoms with Gasteiger partial charge in [-0.15, -0.1) is 0 Å². The summed E-state index contributed by atoms with van der Waals surface area (Å²) in [7, 11) is 0. The highest BCUT2D eigenvalue weighted by Gasteiger charge is 2.41. The Kier molecular flexibility index (Phi) is 6.84. The molecule has 1 saturated carbocycles. The van der Waals surface area contributed by atoms with E-state index < -0.39 is 0 Å². The van der Waals surface area contributed by atoms with Crippen molar-refractivity contribution in [3.63, 3.8) is 0 Å². The summed E-state index contributed by atoms with van der Waals surface area (Å²) in [5, 5.41) is 0. The van der Waals surface area contributed by atoms with Gasteiger partial charge in [-0.1, -0.05) is 39.0 Å². The molecule has 1 fully saturated rings. The van der Waals surface area contributed by atoms with E-state index in [2.05, 4.69) is 25.7 Å². The lowest BCUT2D eigenvalue weighted by Gasteiger charge is -2.40. The highest BCUT2D eigenvalue weighted by Crippen LogP contribution is 2.37. The number of carbonyl (C=O) groups is 1. The van der Waals surface area contributed by atoms with E-state index in [9.17, 15) is 4.79 Å². The van der Waals surface area contributed by atoms with E-state index in [1.54, 1.807) is 0 Å². The predicted octanol–water partition coefficient (Wildman–Crippen LogP) is 3.32. The zero-order valence-electron chi connectivity index (χ0n) is 13.1. The lowest BCUT2D eigenvalue weighted by molar-refractivity contribution is -0.145. The predicted molar refractivity (Wildman–Crippen MR) is 80.9 cm³/mol. The molecule has 1 rings (SSSR count). The van der Waals surface area contributed by atoms with E-state index in [1.807, 2.05) is 0 Å². The molecule has 0 aromatic heterocycles. The van der Waals surface area contributed by atoms with Gasteiger partial charge in [-0.2, -0.15) is 0 Å². The van der Waals surface area contributed by atoms with E-state index in [0.29, 0.717) is 12.5 Å². The SMILES string of the molecule is CCCCCN(C(=O)C1(CN)CCCCC1)C(C)C. The van der Waals surface area contributed by atoms with E-state index in [4.69, 9.17) is 5.73 Å². The van der Waals surface area contributed by atoms with Gasteiger partial charge in [0.25, 0.3) is 0 Å². The Hall–Kier alpha value is -0.570. The van der Waals surface area contributed by atoms with Gasteiger partial charge in [0, 0.05) is 19.1 Å². The summed E-state index contributed by atoms with van der Waals surface area (Å²) in [4.78, 5) is 15.0. The number of amides is 1. The fourth-order valence-electron chi connectivity index (χ4n) is 3.16. The molecule has 1 aliphatic carbocycles. The Labute approximate surface area is 118 Å². The number of hydrogen-bond donors (Lipinski definition) is 1. The number of nitrogens with zero attached hydrogens (tertiary/aromatic N) is 1. The summed E-state index contributed by atoms with van der Waals surface area (Å²) in [6.07, 6.45) is 9.05.